The molecule has 6 unspecified atom stereocenters. The number of aliphatic hydroxyl groups is 1. The van der Waals surface area contributed by atoms with E-state index in [-0.39, 0.29) is 29.8 Å². The maximum atomic E-state index is 13.4. The molecule has 0 aromatic carbocycles. The number of aldehydes is 1. The van der Waals surface area contributed by atoms with Crippen LogP contribution < -0.4 is 0 Å². The second kappa shape index (κ2) is 21.6. The zero-order chi connectivity index (χ0) is 39.2. The SMILES string of the molecule is CO[C@]1(C(=O)C=O)CCCC(CC(O)/C(C)=C/C=C/C=C/CCC(C)C(=O)CC(C)/C(C)=C/C(C)C(=O)CC(CCC2(C)CCC(C)CC2)C2CC2)O1. The number of rotatable bonds is 23. The zero-order valence-electron chi connectivity index (χ0n) is 34.4. The first-order valence-corrected chi connectivity index (χ1v) is 20.8. The second-order valence-corrected chi connectivity index (χ2v) is 17.6. The normalized spacial score (nSPS) is 28.8. The fourth-order valence-corrected chi connectivity index (χ4v) is 8.21. The first-order valence-electron chi connectivity index (χ1n) is 20.8. The van der Waals surface area contributed by atoms with Crippen LogP contribution in [0.5, 0.6) is 0 Å². The van der Waals surface area contributed by atoms with Crippen molar-refractivity contribution in [2.45, 2.75) is 169 Å². The van der Waals surface area contributed by atoms with Gasteiger partial charge >= 0.3 is 0 Å². The molecule has 3 fully saturated rings. The molecule has 1 N–H and O–H groups in total. The van der Waals surface area contributed by atoms with Crippen molar-refractivity contribution < 1.29 is 33.8 Å². The summed E-state index contributed by atoms with van der Waals surface area (Å²) in [5.74, 6) is 0.444. The molecule has 0 spiro atoms. The maximum absolute atomic E-state index is 13.4. The average molecular weight is 737 g/mol. The van der Waals surface area contributed by atoms with E-state index in [9.17, 15) is 24.3 Å². The van der Waals surface area contributed by atoms with Crippen LogP contribution in [0.4, 0.5) is 0 Å². The lowest BCUT2D eigenvalue weighted by Gasteiger charge is -2.38. The topological polar surface area (TPSA) is 107 Å². The molecule has 7 heteroatoms. The minimum atomic E-state index is -1.55. The molecule has 298 valence electrons. The van der Waals surface area contributed by atoms with E-state index in [0.717, 1.165) is 35.8 Å². The number of aliphatic hydroxyl groups excluding tert-OH is 1. The van der Waals surface area contributed by atoms with Gasteiger partial charge in [-0.25, -0.2) is 0 Å². The Morgan fingerprint density at radius 1 is 0.887 bits per heavy atom. The fourth-order valence-electron chi connectivity index (χ4n) is 8.21. The minimum Gasteiger partial charge on any atom is -0.389 e. The Hall–Kier alpha value is -2.48. The van der Waals surface area contributed by atoms with Crippen LogP contribution in [0.15, 0.2) is 47.6 Å². The van der Waals surface area contributed by atoms with Crippen LogP contribution in [0.2, 0.25) is 0 Å². The largest absolute Gasteiger partial charge is 0.389 e. The van der Waals surface area contributed by atoms with Crippen LogP contribution in [0, 0.1) is 40.9 Å². The van der Waals surface area contributed by atoms with Gasteiger partial charge in [-0.05, 0) is 113 Å². The summed E-state index contributed by atoms with van der Waals surface area (Å²) < 4.78 is 11.1. The predicted octanol–water partition coefficient (Wildman–Crippen LogP) is 10.1. The Kier molecular flexibility index (Phi) is 18.3. The molecular weight excluding hydrogens is 664 g/mol. The lowest BCUT2D eigenvalue weighted by atomic mass is 9.68. The van der Waals surface area contributed by atoms with Gasteiger partial charge in [0.15, 0.2) is 6.29 Å². The van der Waals surface area contributed by atoms with E-state index in [0.29, 0.717) is 55.6 Å². The van der Waals surface area contributed by atoms with E-state index in [1.54, 1.807) is 0 Å². The number of carbonyl (C=O) groups is 4. The number of hydrogen-bond acceptors (Lipinski definition) is 7. The molecule has 3 aliphatic rings. The third-order valence-corrected chi connectivity index (χ3v) is 12.9. The molecule has 7 nitrogen and oxygen atoms in total. The first-order chi connectivity index (χ1) is 25.1. The summed E-state index contributed by atoms with van der Waals surface area (Å²) in [5, 5.41) is 10.7. The molecule has 0 radical (unpaired) electrons. The van der Waals surface area contributed by atoms with Crippen LogP contribution in [-0.4, -0.2) is 53.8 Å². The summed E-state index contributed by atoms with van der Waals surface area (Å²) in [5.41, 5.74) is 2.36. The maximum Gasteiger partial charge on any atom is 0.254 e. The van der Waals surface area contributed by atoms with Gasteiger partial charge in [-0.3, -0.25) is 19.2 Å². The lowest BCUT2D eigenvalue weighted by molar-refractivity contribution is -0.254. The summed E-state index contributed by atoms with van der Waals surface area (Å²) in [6, 6.07) is 0. The molecule has 3 rings (SSSR count). The minimum absolute atomic E-state index is 0.0376. The fraction of sp³-hybridized carbons (Fsp3) is 0.739. The summed E-state index contributed by atoms with van der Waals surface area (Å²) in [7, 11) is 1.36. The first kappa shape index (κ1) is 44.9. The quantitative estimate of drug-likeness (QED) is 0.0482. The highest BCUT2D eigenvalue weighted by atomic mass is 16.7. The number of ketones is 3. The molecule has 0 amide bonds. The van der Waals surface area contributed by atoms with E-state index in [4.69, 9.17) is 9.47 Å². The monoisotopic (exact) mass is 737 g/mol. The summed E-state index contributed by atoms with van der Waals surface area (Å²) >= 11 is 0. The number of methoxy groups -OCH3 is 1. The molecule has 53 heavy (non-hydrogen) atoms. The van der Waals surface area contributed by atoms with Crippen LogP contribution in [0.25, 0.3) is 0 Å². The van der Waals surface area contributed by atoms with Crippen LogP contribution in [0.3, 0.4) is 0 Å². The number of ether oxygens (including phenoxy) is 2. The predicted molar refractivity (Wildman–Crippen MR) is 213 cm³/mol. The Labute approximate surface area is 321 Å². The van der Waals surface area contributed by atoms with Gasteiger partial charge in [-0.1, -0.05) is 89.5 Å². The highest BCUT2D eigenvalue weighted by Crippen LogP contribution is 2.47. The highest BCUT2D eigenvalue weighted by molar-refractivity contribution is 6.28. The molecule has 0 aromatic rings. The summed E-state index contributed by atoms with van der Waals surface area (Å²) in [4.78, 5) is 49.6. The van der Waals surface area contributed by atoms with Gasteiger partial charge in [0.05, 0.1) is 12.2 Å². The third kappa shape index (κ3) is 14.6. The van der Waals surface area contributed by atoms with E-state index >= 15 is 0 Å². The van der Waals surface area contributed by atoms with Crippen molar-refractivity contribution in [2.75, 3.05) is 7.11 Å². The van der Waals surface area contributed by atoms with E-state index in [1.807, 2.05) is 45.1 Å². The van der Waals surface area contributed by atoms with Crippen LogP contribution >= 0.6 is 0 Å². The average Bonchev–Trinajstić information content (AvgIpc) is 3.99. The highest BCUT2D eigenvalue weighted by Gasteiger charge is 2.44. The summed E-state index contributed by atoms with van der Waals surface area (Å²) in [6.07, 6.45) is 26.0. The molecular formula is C46H72O7. The van der Waals surface area contributed by atoms with Crippen molar-refractivity contribution in [1.82, 2.24) is 0 Å². The lowest BCUT2D eigenvalue weighted by Crippen LogP contribution is -2.50. The van der Waals surface area contributed by atoms with Gasteiger partial charge in [0.2, 0.25) is 5.79 Å². The van der Waals surface area contributed by atoms with Crippen molar-refractivity contribution in [3.63, 3.8) is 0 Å². The number of Topliss-reactive ketones (excluding diaryl/α,β-unsaturated/α-hetero) is 3. The van der Waals surface area contributed by atoms with E-state index in [1.165, 1.54) is 58.5 Å². The van der Waals surface area contributed by atoms with Crippen molar-refractivity contribution in [3.8, 4) is 0 Å². The Balaban J connectivity index is 1.37. The van der Waals surface area contributed by atoms with Crippen molar-refractivity contribution in [2.24, 2.45) is 40.9 Å². The van der Waals surface area contributed by atoms with Gasteiger partial charge in [0, 0.05) is 44.6 Å². The van der Waals surface area contributed by atoms with Crippen molar-refractivity contribution >= 4 is 23.6 Å². The number of allylic oxidation sites excluding steroid dienone is 7. The number of carbonyl (C=O) groups excluding carboxylic acids is 4. The summed E-state index contributed by atoms with van der Waals surface area (Å²) in [6.45, 7) is 14.9. The molecule has 0 bridgehead atoms. The Morgan fingerprint density at radius 2 is 1.58 bits per heavy atom. The van der Waals surface area contributed by atoms with E-state index in [2.05, 4.69) is 39.8 Å². The van der Waals surface area contributed by atoms with Gasteiger partial charge in [0.1, 0.15) is 11.6 Å². The second-order valence-electron chi connectivity index (χ2n) is 17.6. The van der Waals surface area contributed by atoms with Crippen LogP contribution in [-0.2, 0) is 28.7 Å². The molecule has 7 atom stereocenters. The van der Waals surface area contributed by atoms with Crippen molar-refractivity contribution in [1.29, 1.82) is 0 Å². The molecule has 1 aliphatic heterocycles. The molecule has 1 heterocycles. The number of hydrogen-bond donors (Lipinski definition) is 1. The van der Waals surface area contributed by atoms with Crippen LogP contribution in [0.1, 0.15) is 151 Å². The Morgan fingerprint density at radius 3 is 2.23 bits per heavy atom. The van der Waals surface area contributed by atoms with Gasteiger partial charge in [-0.15, -0.1) is 0 Å². The third-order valence-electron chi connectivity index (χ3n) is 12.9. The standard InChI is InChI=1S/C46H72O7/c1-32-20-24-45(7,25-21-32)26-22-39(38-18-19-38)29-42(49)37(6)27-35(4)36(5)28-41(48)33(2)15-12-10-9-11-13-16-34(3)43(50)30-40-17-14-23-46(52-8,53-40)44(51)31-47/h9-11,13,16,27,31-33,36-40,43,50H,12,14-15,17-26,28-30H2,1-8H3/b10-9+,13-11+,34-16+,35-27+/t32?,33?,36?,37?,39?,40?,43?,45?,46-/m1/s1. The van der Waals surface area contributed by atoms with Gasteiger partial charge < -0.3 is 14.6 Å². The van der Waals surface area contributed by atoms with Gasteiger partial charge in [-0.2, -0.15) is 0 Å². The van der Waals surface area contributed by atoms with Crippen molar-refractivity contribution in [3.05, 3.63) is 47.6 Å². The molecule has 2 aliphatic carbocycles. The molecule has 2 saturated carbocycles. The van der Waals surface area contributed by atoms with E-state index < -0.39 is 23.8 Å². The van der Waals surface area contributed by atoms with Gasteiger partial charge in [0.25, 0.3) is 5.78 Å². The smallest absolute Gasteiger partial charge is 0.254 e. The Bertz CT molecular complexity index is 1330. The zero-order valence-corrected chi connectivity index (χ0v) is 34.4. The molecule has 1 saturated heterocycles. The molecule has 0 aromatic heterocycles.